The smallest absolute Gasteiger partial charge is 0.113 e. The lowest BCUT2D eigenvalue weighted by atomic mass is 9.96. The summed E-state index contributed by atoms with van der Waals surface area (Å²) in [5.74, 6) is 0. The molecule has 1 aromatic carbocycles. The van der Waals surface area contributed by atoms with Crippen molar-refractivity contribution in [3.63, 3.8) is 0 Å². The largest absolute Gasteiger partial charge is 0.371 e. The van der Waals surface area contributed by atoms with E-state index in [9.17, 15) is 0 Å². The van der Waals surface area contributed by atoms with Gasteiger partial charge < -0.3 is 4.90 Å². The summed E-state index contributed by atoms with van der Waals surface area (Å²) in [6.45, 7) is 2.10. The average molecular weight is 221 g/mol. The van der Waals surface area contributed by atoms with Crippen molar-refractivity contribution in [1.82, 2.24) is 4.84 Å². The van der Waals surface area contributed by atoms with E-state index in [0.717, 1.165) is 31.4 Å². The predicted molar refractivity (Wildman–Crippen MR) is 66.1 cm³/mol. The maximum atomic E-state index is 5.65. The molecule has 1 fully saturated rings. The van der Waals surface area contributed by atoms with E-state index >= 15 is 0 Å². The molecule has 2 rings (SSSR count). The number of halogens is 1. The minimum atomic E-state index is 0.455. The van der Waals surface area contributed by atoms with E-state index in [4.69, 9.17) is 19.6 Å². The van der Waals surface area contributed by atoms with E-state index in [1.165, 1.54) is 5.69 Å². The van der Waals surface area contributed by atoms with Crippen molar-refractivity contribution in [2.45, 2.75) is 18.9 Å². The van der Waals surface area contributed by atoms with E-state index in [2.05, 4.69) is 21.9 Å². The Morgan fingerprint density at radius 3 is 2.33 bits per heavy atom. The molecule has 0 atom stereocenters. The van der Waals surface area contributed by atoms with Crippen LogP contribution in [0.2, 0.25) is 0 Å². The molecule has 2 nitrogen and oxygen atoms in total. The van der Waals surface area contributed by atoms with Gasteiger partial charge in [0.15, 0.2) is 0 Å². The Balaban J connectivity index is 1.98. The Labute approximate surface area is 97.1 Å². The van der Waals surface area contributed by atoms with E-state index in [0.29, 0.717) is 6.04 Å². The van der Waals surface area contributed by atoms with Crippen molar-refractivity contribution in [3.05, 3.63) is 24.3 Å². The van der Waals surface area contributed by atoms with E-state index in [1.54, 1.807) is 0 Å². The molecule has 0 amide bonds. The molecular formula is C11H14BClN2. The molecule has 1 heterocycles. The highest BCUT2D eigenvalue weighted by atomic mass is 35.5. The molecular weight excluding hydrogens is 206 g/mol. The predicted octanol–water partition coefficient (Wildman–Crippen LogP) is 1.19. The normalized spacial score (nSPS) is 18.1. The van der Waals surface area contributed by atoms with Crippen LogP contribution in [0, 0.1) is 0 Å². The number of hydrogen-bond acceptors (Lipinski definition) is 2. The topological polar surface area (TPSA) is 15.3 Å². The molecule has 1 aromatic rings. The van der Waals surface area contributed by atoms with Crippen molar-refractivity contribution in [1.29, 1.82) is 0 Å². The molecule has 1 aliphatic heterocycles. The second kappa shape index (κ2) is 4.91. The number of rotatable bonds is 2. The molecule has 0 aromatic heterocycles. The summed E-state index contributed by atoms with van der Waals surface area (Å²) in [6, 6.07) is 8.49. The summed E-state index contributed by atoms with van der Waals surface area (Å²) < 4.78 is 0. The van der Waals surface area contributed by atoms with Gasteiger partial charge in [0.05, 0.1) is 0 Å². The zero-order valence-corrected chi connectivity index (χ0v) is 9.37. The fourth-order valence-electron chi connectivity index (χ4n) is 1.93. The van der Waals surface area contributed by atoms with Crippen molar-refractivity contribution in [2.24, 2.45) is 0 Å². The fourth-order valence-corrected chi connectivity index (χ4v) is 2.15. The Kier molecular flexibility index (Phi) is 3.55. The van der Waals surface area contributed by atoms with Gasteiger partial charge in [-0.15, -0.1) is 0 Å². The van der Waals surface area contributed by atoms with Gasteiger partial charge in [0.25, 0.3) is 0 Å². The van der Waals surface area contributed by atoms with Crippen LogP contribution in [-0.2, 0) is 0 Å². The number of anilines is 1. The van der Waals surface area contributed by atoms with Gasteiger partial charge in [-0.2, -0.15) is 0 Å². The average Bonchev–Trinajstić information content (AvgIpc) is 2.30. The highest BCUT2D eigenvalue weighted by Gasteiger charge is 2.18. The lowest BCUT2D eigenvalue weighted by Crippen LogP contribution is -2.39. The molecule has 15 heavy (non-hydrogen) atoms. The van der Waals surface area contributed by atoms with Crippen LogP contribution in [0.15, 0.2) is 24.3 Å². The number of hydrogen-bond donors (Lipinski definition) is 1. The van der Waals surface area contributed by atoms with Gasteiger partial charge in [-0.05, 0) is 36.8 Å². The van der Waals surface area contributed by atoms with Crippen LogP contribution in [0.5, 0.6) is 0 Å². The molecule has 0 aliphatic carbocycles. The third-order valence-corrected chi connectivity index (χ3v) is 3.22. The molecule has 0 saturated carbocycles. The molecule has 78 valence electrons. The standard InChI is InChI=1S/C11H14BClN2/c12-9-1-3-11(4-2-9)15-7-5-10(14-13)6-8-15/h1-4,10,14H,5-8H2. The fraction of sp³-hybridized carbons (Fsp3) is 0.455. The van der Waals surface area contributed by atoms with Gasteiger partial charge in [-0.3, -0.25) is 0 Å². The number of nitrogens with zero attached hydrogens (tertiary/aromatic N) is 1. The molecule has 0 bridgehead atoms. The maximum Gasteiger partial charge on any atom is 0.113 e. The molecule has 0 unspecified atom stereocenters. The van der Waals surface area contributed by atoms with Gasteiger partial charge in [-0.25, -0.2) is 4.84 Å². The van der Waals surface area contributed by atoms with Gasteiger partial charge in [0, 0.05) is 24.8 Å². The van der Waals surface area contributed by atoms with Crippen LogP contribution in [0.25, 0.3) is 0 Å². The van der Waals surface area contributed by atoms with Crippen LogP contribution in [-0.4, -0.2) is 27.0 Å². The zero-order valence-electron chi connectivity index (χ0n) is 8.62. The van der Waals surface area contributed by atoms with E-state index < -0.39 is 0 Å². The Bertz CT molecular complexity index is 307. The zero-order chi connectivity index (χ0) is 10.7. The monoisotopic (exact) mass is 220 g/mol. The van der Waals surface area contributed by atoms with Gasteiger partial charge in [0.2, 0.25) is 0 Å². The molecule has 0 spiro atoms. The van der Waals surface area contributed by atoms with Crippen LogP contribution in [0.4, 0.5) is 5.69 Å². The summed E-state index contributed by atoms with van der Waals surface area (Å²) in [5, 5.41) is 0. The van der Waals surface area contributed by atoms with E-state index in [-0.39, 0.29) is 0 Å². The maximum absolute atomic E-state index is 5.65. The third kappa shape index (κ3) is 2.67. The minimum absolute atomic E-state index is 0.455. The van der Waals surface area contributed by atoms with Gasteiger partial charge in [0.1, 0.15) is 7.85 Å². The SMILES string of the molecule is [B]c1ccc(N2CCC(NCl)CC2)cc1. The van der Waals surface area contributed by atoms with Crippen molar-refractivity contribution in [2.75, 3.05) is 18.0 Å². The lowest BCUT2D eigenvalue weighted by Gasteiger charge is -2.32. The first-order chi connectivity index (χ1) is 7.29. The lowest BCUT2D eigenvalue weighted by molar-refractivity contribution is 0.475. The third-order valence-electron chi connectivity index (χ3n) is 2.91. The molecule has 1 N–H and O–H groups in total. The molecule has 4 heteroatoms. The Morgan fingerprint density at radius 2 is 1.80 bits per heavy atom. The van der Waals surface area contributed by atoms with Crippen LogP contribution < -0.4 is 15.2 Å². The second-order valence-electron chi connectivity index (χ2n) is 3.96. The first kappa shape index (κ1) is 10.8. The molecule has 2 radical (unpaired) electrons. The Hall–Kier alpha value is -0.665. The first-order valence-electron chi connectivity index (χ1n) is 5.26. The Morgan fingerprint density at radius 1 is 1.20 bits per heavy atom. The summed E-state index contributed by atoms with van der Waals surface area (Å²) in [5.41, 5.74) is 2.06. The number of nitrogens with one attached hydrogen (secondary N) is 1. The molecule has 1 aliphatic rings. The highest BCUT2D eigenvalue weighted by Crippen LogP contribution is 2.18. The first-order valence-corrected chi connectivity index (χ1v) is 5.64. The van der Waals surface area contributed by atoms with Gasteiger partial charge >= 0.3 is 0 Å². The van der Waals surface area contributed by atoms with Gasteiger partial charge in [-0.1, -0.05) is 17.6 Å². The highest BCUT2D eigenvalue weighted by molar-refractivity contribution is 6.32. The summed E-state index contributed by atoms with van der Waals surface area (Å²) in [4.78, 5) is 5.18. The van der Waals surface area contributed by atoms with Crippen LogP contribution in [0.1, 0.15) is 12.8 Å². The second-order valence-corrected chi connectivity index (χ2v) is 4.18. The van der Waals surface area contributed by atoms with E-state index in [1.807, 2.05) is 12.1 Å². The number of benzene rings is 1. The van der Waals surface area contributed by atoms with Crippen LogP contribution >= 0.6 is 11.8 Å². The van der Waals surface area contributed by atoms with Crippen molar-refractivity contribution in [3.8, 4) is 0 Å². The van der Waals surface area contributed by atoms with Crippen molar-refractivity contribution < 1.29 is 0 Å². The molecule has 1 saturated heterocycles. The summed E-state index contributed by atoms with van der Waals surface area (Å²) in [6.07, 6.45) is 2.18. The van der Waals surface area contributed by atoms with Crippen LogP contribution in [0.3, 0.4) is 0 Å². The number of piperidine rings is 1. The quantitative estimate of drug-likeness (QED) is 0.595. The summed E-state index contributed by atoms with van der Waals surface area (Å²) >= 11 is 5.61. The summed E-state index contributed by atoms with van der Waals surface area (Å²) in [7, 11) is 5.65. The van der Waals surface area contributed by atoms with Crippen molar-refractivity contribution >= 4 is 30.8 Å². The minimum Gasteiger partial charge on any atom is -0.371 e.